The van der Waals surface area contributed by atoms with E-state index in [-0.39, 0.29) is 5.97 Å². The molecule has 0 N–H and O–H groups in total. The zero-order valence-corrected chi connectivity index (χ0v) is 12.9. The standard InChI is InChI=1S/C21H15NO2/c23-21(24-18-12-5-2-6-13-18)20-15-16-9-7-8-14-19(16)22(20)17-10-3-1-4-11-17/h1-15H. The third-order valence-electron chi connectivity index (χ3n) is 3.89. The maximum absolute atomic E-state index is 12.7. The first kappa shape index (κ1) is 14.3. The van der Waals surface area contributed by atoms with Gasteiger partial charge in [-0.15, -0.1) is 0 Å². The first-order chi connectivity index (χ1) is 11.8. The Kier molecular flexibility index (Phi) is 3.60. The molecule has 3 heteroatoms. The summed E-state index contributed by atoms with van der Waals surface area (Å²) in [6.07, 6.45) is 0. The predicted octanol–water partition coefficient (Wildman–Crippen LogP) is 4.85. The van der Waals surface area contributed by atoms with Gasteiger partial charge in [-0.25, -0.2) is 4.79 Å². The van der Waals surface area contributed by atoms with Gasteiger partial charge in [0.15, 0.2) is 0 Å². The Hall–Kier alpha value is -3.33. The molecule has 0 aliphatic rings. The van der Waals surface area contributed by atoms with E-state index in [9.17, 15) is 4.79 Å². The maximum atomic E-state index is 12.7. The first-order valence-electron chi connectivity index (χ1n) is 7.76. The fourth-order valence-electron chi connectivity index (χ4n) is 2.81. The molecule has 24 heavy (non-hydrogen) atoms. The number of carbonyl (C=O) groups is 1. The SMILES string of the molecule is O=C(Oc1ccccc1)c1cc2ccccc2n1-c1ccccc1. The van der Waals surface area contributed by atoms with Crippen LogP contribution in [0.5, 0.6) is 5.75 Å². The molecule has 0 unspecified atom stereocenters. The molecule has 0 bridgehead atoms. The molecule has 4 aromatic rings. The minimum Gasteiger partial charge on any atom is -0.422 e. The molecule has 3 nitrogen and oxygen atoms in total. The highest BCUT2D eigenvalue weighted by molar-refractivity contribution is 5.98. The van der Waals surface area contributed by atoms with E-state index in [0.717, 1.165) is 16.6 Å². The van der Waals surface area contributed by atoms with E-state index in [4.69, 9.17) is 4.74 Å². The number of benzene rings is 3. The van der Waals surface area contributed by atoms with Crippen LogP contribution in [0.25, 0.3) is 16.6 Å². The number of nitrogens with zero attached hydrogens (tertiary/aromatic N) is 1. The van der Waals surface area contributed by atoms with E-state index in [1.54, 1.807) is 12.1 Å². The summed E-state index contributed by atoms with van der Waals surface area (Å²) in [5, 5.41) is 1.00. The zero-order valence-electron chi connectivity index (χ0n) is 12.9. The predicted molar refractivity (Wildman–Crippen MR) is 94.7 cm³/mol. The van der Waals surface area contributed by atoms with Crippen LogP contribution in [0.2, 0.25) is 0 Å². The molecule has 4 rings (SSSR count). The van der Waals surface area contributed by atoms with Crippen LogP contribution >= 0.6 is 0 Å². The van der Waals surface area contributed by atoms with Crippen LogP contribution < -0.4 is 4.74 Å². The summed E-state index contributed by atoms with van der Waals surface area (Å²) < 4.78 is 7.46. The van der Waals surface area contributed by atoms with Gasteiger partial charge in [-0.05, 0) is 36.4 Å². The van der Waals surface area contributed by atoms with Crippen LogP contribution in [-0.2, 0) is 0 Å². The average Bonchev–Trinajstić information content (AvgIpc) is 3.03. The molecule has 116 valence electrons. The summed E-state index contributed by atoms with van der Waals surface area (Å²) in [6.45, 7) is 0. The monoisotopic (exact) mass is 313 g/mol. The van der Waals surface area contributed by atoms with Crippen LogP contribution in [0.4, 0.5) is 0 Å². The number of aromatic nitrogens is 1. The number of fused-ring (bicyclic) bond motifs is 1. The number of para-hydroxylation sites is 3. The number of carbonyl (C=O) groups excluding carboxylic acids is 1. The van der Waals surface area contributed by atoms with Crippen LogP contribution in [0.1, 0.15) is 10.5 Å². The minimum absolute atomic E-state index is 0.374. The Bertz CT molecular complexity index is 988. The van der Waals surface area contributed by atoms with Crippen molar-refractivity contribution in [1.82, 2.24) is 4.57 Å². The molecule has 0 amide bonds. The third-order valence-corrected chi connectivity index (χ3v) is 3.89. The lowest BCUT2D eigenvalue weighted by atomic mass is 10.2. The van der Waals surface area contributed by atoms with E-state index in [1.165, 1.54) is 0 Å². The van der Waals surface area contributed by atoms with Crippen molar-refractivity contribution in [2.45, 2.75) is 0 Å². The number of ether oxygens (including phenoxy) is 1. The van der Waals surface area contributed by atoms with Gasteiger partial charge in [0, 0.05) is 11.1 Å². The van der Waals surface area contributed by atoms with Gasteiger partial charge in [-0.1, -0.05) is 54.6 Å². The molecule has 0 saturated carbocycles. The van der Waals surface area contributed by atoms with Gasteiger partial charge in [0.05, 0.1) is 5.52 Å². The Balaban J connectivity index is 1.84. The van der Waals surface area contributed by atoms with Crippen molar-refractivity contribution in [2.75, 3.05) is 0 Å². The van der Waals surface area contributed by atoms with Gasteiger partial charge in [-0.3, -0.25) is 0 Å². The highest BCUT2D eigenvalue weighted by Crippen LogP contribution is 2.25. The molecule has 1 heterocycles. The molecule has 0 fully saturated rings. The highest BCUT2D eigenvalue weighted by atomic mass is 16.5. The Morgan fingerprint density at radius 3 is 2.12 bits per heavy atom. The Morgan fingerprint density at radius 1 is 0.750 bits per heavy atom. The molecule has 0 saturated heterocycles. The van der Waals surface area contributed by atoms with Crippen LogP contribution in [0.3, 0.4) is 0 Å². The highest BCUT2D eigenvalue weighted by Gasteiger charge is 2.18. The fourth-order valence-corrected chi connectivity index (χ4v) is 2.81. The summed E-state index contributed by atoms with van der Waals surface area (Å²) >= 11 is 0. The quantitative estimate of drug-likeness (QED) is 0.400. The maximum Gasteiger partial charge on any atom is 0.360 e. The van der Waals surface area contributed by atoms with Crippen molar-refractivity contribution >= 4 is 16.9 Å². The molecule has 3 aromatic carbocycles. The van der Waals surface area contributed by atoms with Crippen molar-refractivity contribution < 1.29 is 9.53 Å². The lowest BCUT2D eigenvalue weighted by Crippen LogP contribution is -2.13. The van der Waals surface area contributed by atoms with Gasteiger partial charge < -0.3 is 9.30 Å². The van der Waals surface area contributed by atoms with Gasteiger partial charge in [0.25, 0.3) is 0 Å². The molecule has 0 aliphatic carbocycles. The molecule has 0 radical (unpaired) electrons. The Morgan fingerprint density at radius 2 is 1.38 bits per heavy atom. The first-order valence-corrected chi connectivity index (χ1v) is 7.76. The van der Waals surface area contributed by atoms with E-state index >= 15 is 0 Å². The molecule has 1 aromatic heterocycles. The second-order valence-electron chi connectivity index (χ2n) is 5.46. The molecular formula is C21H15NO2. The van der Waals surface area contributed by atoms with Crippen molar-refractivity contribution in [3.05, 3.63) is 96.7 Å². The zero-order chi connectivity index (χ0) is 16.4. The third kappa shape index (κ3) is 2.57. The number of hydrogen-bond acceptors (Lipinski definition) is 2. The second kappa shape index (κ2) is 6.05. The number of hydrogen-bond donors (Lipinski definition) is 0. The molecule has 0 aliphatic heterocycles. The van der Waals surface area contributed by atoms with E-state index in [0.29, 0.717) is 11.4 Å². The smallest absolute Gasteiger partial charge is 0.360 e. The van der Waals surface area contributed by atoms with Gasteiger partial charge >= 0.3 is 5.97 Å². The molecular weight excluding hydrogens is 298 g/mol. The normalized spacial score (nSPS) is 10.7. The van der Waals surface area contributed by atoms with Crippen LogP contribution in [-0.4, -0.2) is 10.5 Å². The van der Waals surface area contributed by atoms with Crippen LogP contribution in [0.15, 0.2) is 91.0 Å². The topological polar surface area (TPSA) is 31.2 Å². The van der Waals surface area contributed by atoms with Crippen molar-refractivity contribution in [2.24, 2.45) is 0 Å². The lowest BCUT2D eigenvalue weighted by molar-refractivity contribution is 0.0727. The largest absolute Gasteiger partial charge is 0.422 e. The van der Waals surface area contributed by atoms with Crippen LogP contribution in [0, 0.1) is 0 Å². The van der Waals surface area contributed by atoms with E-state index < -0.39 is 0 Å². The average molecular weight is 313 g/mol. The second-order valence-corrected chi connectivity index (χ2v) is 5.46. The summed E-state index contributed by atoms with van der Waals surface area (Å²) in [7, 11) is 0. The minimum atomic E-state index is -0.374. The van der Waals surface area contributed by atoms with Crippen molar-refractivity contribution in [3.63, 3.8) is 0 Å². The fraction of sp³-hybridized carbons (Fsp3) is 0. The van der Waals surface area contributed by atoms with E-state index in [2.05, 4.69) is 0 Å². The number of esters is 1. The molecule has 0 spiro atoms. The van der Waals surface area contributed by atoms with Gasteiger partial charge in [-0.2, -0.15) is 0 Å². The number of rotatable bonds is 3. The Labute approximate surface area is 139 Å². The summed E-state index contributed by atoms with van der Waals surface area (Å²) in [5.74, 6) is 0.161. The molecule has 0 atom stereocenters. The van der Waals surface area contributed by atoms with E-state index in [1.807, 2.05) is 83.4 Å². The lowest BCUT2D eigenvalue weighted by Gasteiger charge is -2.10. The van der Waals surface area contributed by atoms with Crippen molar-refractivity contribution in [3.8, 4) is 11.4 Å². The van der Waals surface area contributed by atoms with Gasteiger partial charge in [0.2, 0.25) is 0 Å². The van der Waals surface area contributed by atoms with Gasteiger partial charge in [0.1, 0.15) is 11.4 Å². The summed E-state index contributed by atoms with van der Waals surface area (Å²) in [4.78, 5) is 12.7. The summed E-state index contributed by atoms with van der Waals surface area (Å²) in [6, 6.07) is 28.7. The van der Waals surface area contributed by atoms with Crippen molar-refractivity contribution in [1.29, 1.82) is 0 Å². The summed E-state index contributed by atoms with van der Waals surface area (Å²) in [5.41, 5.74) is 2.41.